The molecule has 0 bridgehead atoms. The normalized spacial score (nSPS) is 11.7. The van der Waals surface area contributed by atoms with E-state index in [0.717, 1.165) is 10.6 Å². The minimum Gasteiger partial charge on any atom is -0.293 e. The van der Waals surface area contributed by atoms with Gasteiger partial charge in [-0.3, -0.25) is 19.5 Å². The lowest BCUT2D eigenvalue weighted by molar-refractivity contribution is -0.386. The molecule has 1 aromatic rings. The van der Waals surface area contributed by atoms with Gasteiger partial charge in [0.2, 0.25) is 0 Å². The fourth-order valence-electron chi connectivity index (χ4n) is 1.00. The van der Waals surface area contributed by atoms with Crippen LogP contribution in [0.1, 0.15) is 13.0 Å². The van der Waals surface area contributed by atoms with Crippen molar-refractivity contribution in [2.45, 2.75) is 13.0 Å². The van der Waals surface area contributed by atoms with Crippen LogP contribution in [0.25, 0.3) is 0 Å². The van der Waals surface area contributed by atoms with Crippen LogP contribution in [0, 0.1) is 21.4 Å². The highest BCUT2D eigenvalue weighted by Gasteiger charge is 2.15. The molecule has 0 aromatic carbocycles. The fourth-order valence-corrected chi connectivity index (χ4v) is 1.00. The third-order valence-corrected chi connectivity index (χ3v) is 1.76. The highest BCUT2D eigenvalue weighted by molar-refractivity contribution is 5.25. The molecule has 14 heavy (non-hydrogen) atoms. The molecule has 6 nitrogen and oxygen atoms in total. The topological polar surface area (TPSA) is 88.9 Å². The predicted molar refractivity (Wildman–Crippen MR) is 47.7 cm³/mol. The van der Waals surface area contributed by atoms with E-state index >= 15 is 0 Å². The Morgan fingerprint density at radius 3 is 2.86 bits per heavy atom. The molecule has 0 aliphatic heterocycles. The second kappa shape index (κ2) is 3.70. The highest BCUT2D eigenvalue weighted by atomic mass is 16.6. The Balaban J connectivity index is 3.37. The van der Waals surface area contributed by atoms with E-state index in [1.807, 2.05) is 6.07 Å². The Bertz CT molecular complexity index is 458. The van der Waals surface area contributed by atoms with Crippen molar-refractivity contribution in [2.24, 2.45) is 0 Å². The third kappa shape index (κ3) is 1.61. The standard InChI is InChI=1S/C8H7N3O3/c1-6(5-9)10-4-2-3-7(8(10)12)11(13)14/h2-4,6H,1H3. The molecular formula is C8H7N3O3. The summed E-state index contributed by atoms with van der Waals surface area (Å²) in [6, 6.07) is 3.60. The van der Waals surface area contributed by atoms with Gasteiger partial charge in [-0.05, 0) is 13.0 Å². The summed E-state index contributed by atoms with van der Waals surface area (Å²) in [5.41, 5.74) is -1.28. The number of rotatable bonds is 2. The van der Waals surface area contributed by atoms with Crippen LogP contribution < -0.4 is 5.56 Å². The largest absolute Gasteiger partial charge is 0.334 e. The van der Waals surface area contributed by atoms with Crippen molar-refractivity contribution in [3.63, 3.8) is 0 Å². The van der Waals surface area contributed by atoms with Gasteiger partial charge in [-0.1, -0.05) is 0 Å². The molecule has 0 saturated carbocycles. The summed E-state index contributed by atoms with van der Waals surface area (Å²) < 4.78 is 1.03. The Morgan fingerprint density at radius 2 is 2.36 bits per heavy atom. The number of aromatic nitrogens is 1. The molecule has 1 aromatic heterocycles. The Labute approximate surface area is 79.2 Å². The van der Waals surface area contributed by atoms with E-state index in [4.69, 9.17) is 5.26 Å². The molecule has 72 valence electrons. The van der Waals surface area contributed by atoms with Gasteiger partial charge in [0.15, 0.2) is 0 Å². The molecule has 0 aliphatic rings. The lowest BCUT2D eigenvalue weighted by Crippen LogP contribution is -2.23. The Kier molecular flexibility index (Phi) is 2.62. The van der Waals surface area contributed by atoms with Crippen molar-refractivity contribution < 1.29 is 4.92 Å². The quantitative estimate of drug-likeness (QED) is 0.514. The van der Waals surface area contributed by atoms with Crippen LogP contribution in [0.2, 0.25) is 0 Å². The SMILES string of the molecule is CC(C#N)n1cccc([N+](=O)[O-])c1=O. The number of hydrogen-bond acceptors (Lipinski definition) is 4. The van der Waals surface area contributed by atoms with E-state index in [2.05, 4.69) is 0 Å². The fraction of sp³-hybridized carbons (Fsp3) is 0.250. The first-order valence-electron chi connectivity index (χ1n) is 3.83. The van der Waals surface area contributed by atoms with Crippen molar-refractivity contribution in [3.05, 3.63) is 38.8 Å². The lowest BCUT2D eigenvalue weighted by atomic mass is 10.3. The van der Waals surface area contributed by atoms with Gasteiger partial charge in [0.1, 0.15) is 6.04 Å². The van der Waals surface area contributed by atoms with Crippen molar-refractivity contribution in [3.8, 4) is 6.07 Å². The molecule has 0 radical (unpaired) electrons. The Hall–Kier alpha value is -2.16. The van der Waals surface area contributed by atoms with Crippen LogP contribution >= 0.6 is 0 Å². The van der Waals surface area contributed by atoms with Gasteiger partial charge in [0, 0.05) is 12.3 Å². The maximum Gasteiger partial charge on any atom is 0.334 e. The average molecular weight is 193 g/mol. The minimum absolute atomic E-state index is 0.519. The van der Waals surface area contributed by atoms with Crippen LogP contribution in [0.15, 0.2) is 23.1 Å². The van der Waals surface area contributed by atoms with Crippen molar-refractivity contribution in [1.29, 1.82) is 5.26 Å². The van der Waals surface area contributed by atoms with Crippen molar-refractivity contribution in [2.75, 3.05) is 0 Å². The molecule has 1 unspecified atom stereocenters. The molecule has 0 saturated heterocycles. The zero-order chi connectivity index (χ0) is 10.7. The van der Waals surface area contributed by atoms with E-state index in [0.29, 0.717) is 0 Å². The molecule has 1 rings (SSSR count). The van der Waals surface area contributed by atoms with Gasteiger partial charge in [0.25, 0.3) is 0 Å². The average Bonchev–Trinajstić information content (AvgIpc) is 2.16. The maximum absolute atomic E-state index is 11.4. The molecule has 6 heteroatoms. The first kappa shape index (κ1) is 9.92. The third-order valence-electron chi connectivity index (χ3n) is 1.76. The summed E-state index contributed by atoms with van der Waals surface area (Å²) in [4.78, 5) is 21.0. The summed E-state index contributed by atoms with van der Waals surface area (Å²) in [6.07, 6.45) is 1.35. The van der Waals surface area contributed by atoms with Gasteiger partial charge in [-0.25, -0.2) is 0 Å². The number of nitriles is 1. The van der Waals surface area contributed by atoms with E-state index in [1.165, 1.54) is 19.2 Å². The van der Waals surface area contributed by atoms with Gasteiger partial charge in [0.05, 0.1) is 11.0 Å². The molecule has 0 N–H and O–H groups in total. The molecule has 0 amide bonds. The van der Waals surface area contributed by atoms with Crippen LogP contribution in [0.4, 0.5) is 5.69 Å². The molecule has 1 atom stereocenters. The van der Waals surface area contributed by atoms with E-state index < -0.39 is 22.2 Å². The minimum atomic E-state index is -0.761. The number of nitro groups is 1. The van der Waals surface area contributed by atoms with Crippen LogP contribution in [-0.4, -0.2) is 9.49 Å². The number of hydrogen-bond donors (Lipinski definition) is 0. The second-order valence-electron chi connectivity index (χ2n) is 2.67. The number of pyridine rings is 1. The number of nitrogens with zero attached hydrogens (tertiary/aromatic N) is 3. The van der Waals surface area contributed by atoms with Crippen LogP contribution in [0.5, 0.6) is 0 Å². The van der Waals surface area contributed by atoms with Crippen LogP contribution in [-0.2, 0) is 0 Å². The van der Waals surface area contributed by atoms with Gasteiger partial charge >= 0.3 is 11.2 Å². The van der Waals surface area contributed by atoms with E-state index in [1.54, 1.807) is 0 Å². The zero-order valence-electron chi connectivity index (χ0n) is 7.38. The predicted octanol–water partition coefficient (Wildman–Crippen LogP) is 0.841. The van der Waals surface area contributed by atoms with Crippen molar-refractivity contribution >= 4 is 5.69 Å². The van der Waals surface area contributed by atoms with E-state index in [-0.39, 0.29) is 0 Å². The maximum atomic E-state index is 11.4. The van der Waals surface area contributed by atoms with Gasteiger partial charge in [-0.2, -0.15) is 5.26 Å². The summed E-state index contributed by atoms with van der Waals surface area (Å²) in [5, 5.41) is 19.0. The molecule has 0 fully saturated rings. The Morgan fingerprint density at radius 1 is 1.71 bits per heavy atom. The highest BCUT2D eigenvalue weighted by Crippen LogP contribution is 2.05. The van der Waals surface area contributed by atoms with Crippen molar-refractivity contribution in [1.82, 2.24) is 4.57 Å². The van der Waals surface area contributed by atoms with Gasteiger partial charge < -0.3 is 0 Å². The smallest absolute Gasteiger partial charge is 0.293 e. The first-order valence-corrected chi connectivity index (χ1v) is 3.83. The molecule has 0 aliphatic carbocycles. The second-order valence-corrected chi connectivity index (χ2v) is 2.67. The molecular weight excluding hydrogens is 186 g/mol. The summed E-state index contributed by atoms with van der Waals surface area (Å²) in [5.74, 6) is 0. The van der Waals surface area contributed by atoms with Crippen LogP contribution in [0.3, 0.4) is 0 Å². The summed E-state index contributed by atoms with van der Waals surface area (Å²) in [7, 11) is 0. The van der Waals surface area contributed by atoms with E-state index in [9.17, 15) is 14.9 Å². The first-order chi connectivity index (χ1) is 6.57. The monoisotopic (exact) mass is 193 g/mol. The summed E-state index contributed by atoms with van der Waals surface area (Å²) >= 11 is 0. The van der Waals surface area contributed by atoms with Gasteiger partial charge in [-0.15, -0.1) is 0 Å². The lowest BCUT2D eigenvalue weighted by Gasteiger charge is -2.05. The molecule has 1 heterocycles. The molecule has 0 spiro atoms. The summed E-state index contributed by atoms with van der Waals surface area (Å²) in [6.45, 7) is 1.49. The zero-order valence-corrected chi connectivity index (χ0v) is 7.38.